The number of carbonyl (C=O) groups is 1. The molecule has 0 heterocycles. The smallest absolute Gasteiger partial charge is 0.377 e. The van der Waals surface area contributed by atoms with Gasteiger partial charge in [-0.3, -0.25) is 0 Å². The van der Waals surface area contributed by atoms with Crippen LogP contribution in [0.15, 0.2) is 30.3 Å². The topological polar surface area (TPSA) is 83.5 Å². The molecule has 0 aliphatic heterocycles. The van der Waals surface area contributed by atoms with Crippen molar-refractivity contribution in [1.82, 2.24) is 0 Å². The number of aliphatic carboxylic acids is 1. The van der Waals surface area contributed by atoms with Crippen molar-refractivity contribution >= 4 is 5.97 Å². The van der Waals surface area contributed by atoms with Crippen LogP contribution in [0.2, 0.25) is 0 Å². The van der Waals surface area contributed by atoms with E-state index in [0.717, 1.165) is 19.3 Å². The average Bonchev–Trinajstić information content (AvgIpc) is 2.86. The van der Waals surface area contributed by atoms with Crippen molar-refractivity contribution in [2.24, 2.45) is 0 Å². The maximum Gasteiger partial charge on any atom is 0.377 e. The molecule has 1 N–H and O–H groups in total. The van der Waals surface area contributed by atoms with E-state index in [2.05, 4.69) is 6.92 Å². The average molecular weight is 497 g/mol. The van der Waals surface area contributed by atoms with Crippen molar-refractivity contribution < 1.29 is 33.6 Å². The zero-order valence-electron chi connectivity index (χ0n) is 22.0. The van der Waals surface area contributed by atoms with Gasteiger partial charge in [0.05, 0.1) is 39.6 Å². The maximum atomic E-state index is 12.3. The van der Waals surface area contributed by atoms with E-state index in [-0.39, 0.29) is 19.6 Å². The molecular weight excluding hydrogens is 448 g/mol. The fourth-order valence-corrected chi connectivity index (χ4v) is 3.74. The first-order chi connectivity index (χ1) is 17.1. The Hall–Kier alpha value is -1.67. The summed E-state index contributed by atoms with van der Waals surface area (Å²) in [5, 5.41) is 10.0. The zero-order valence-corrected chi connectivity index (χ0v) is 22.0. The highest BCUT2D eigenvalue weighted by Gasteiger charge is 2.42. The minimum Gasteiger partial charge on any atom is -0.476 e. The van der Waals surface area contributed by atoms with Crippen LogP contribution in [0.1, 0.15) is 84.5 Å². The number of hydrogen-bond acceptors (Lipinski definition) is 6. The van der Waals surface area contributed by atoms with Gasteiger partial charge in [0, 0.05) is 13.0 Å². The molecule has 7 heteroatoms. The minimum atomic E-state index is -1.72. The van der Waals surface area contributed by atoms with Crippen molar-refractivity contribution in [2.45, 2.75) is 90.3 Å². The highest BCUT2D eigenvalue weighted by atomic mass is 16.7. The highest BCUT2D eigenvalue weighted by Crippen LogP contribution is 2.26. The molecule has 7 nitrogen and oxygen atoms in total. The van der Waals surface area contributed by atoms with Gasteiger partial charge >= 0.3 is 11.8 Å². The van der Waals surface area contributed by atoms with Crippen molar-refractivity contribution in [1.29, 1.82) is 0 Å². The number of para-hydroxylation sites is 1. The van der Waals surface area contributed by atoms with E-state index in [1.165, 1.54) is 44.9 Å². The van der Waals surface area contributed by atoms with E-state index < -0.39 is 11.8 Å². The number of rotatable bonds is 25. The molecule has 0 aromatic heterocycles. The molecule has 0 fully saturated rings. The van der Waals surface area contributed by atoms with Crippen molar-refractivity contribution in [3.05, 3.63) is 30.3 Å². The third kappa shape index (κ3) is 15.8. The van der Waals surface area contributed by atoms with E-state index in [9.17, 15) is 9.90 Å². The summed E-state index contributed by atoms with van der Waals surface area (Å²) in [6.45, 7) is 7.19. The molecule has 0 bridgehead atoms. The second kappa shape index (κ2) is 21.6. The van der Waals surface area contributed by atoms with E-state index >= 15 is 0 Å². The lowest BCUT2D eigenvalue weighted by Gasteiger charge is -2.30. The number of benzene rings is 1. The standard InChI is InChI=1S/C28H48O7/c1-3-5-6-7-8-9-10-11-12-16-19-28(27(29)30,35-26-17-14-13-15-18-26)34-25-24-33-23-22-32-21-20-31-4-2/h13-15,17-18H,3-12,16,19-25H2,1-2H3,(H,29,30). The quantitative estimate of drug-likeness (QED) is 0.127. The lowest BCUT2D eigenvalue weighted by molar-refractivity contribution is -0.218. The van der Waals surface area contributed by atoms with Crippen LogP contribution in [0.4, 0.5) is 0 Å². The van der Waals surface area contributed by atoms with Crippen molar-refractivity contribution in [3.8, 4) is 5.75 Å². The van der Waals surface area contributed by atoms with Crippen LogP contribution in [-0.4, -0.2) is 63.1 Å². The Balaban J connectivity index is 2.41. The molecule has 202 valence electrons. The molecule has 0 saturated carbocycles. The summed E-state index contributed by atoms with van der Waals surface area (Å²) >= 11 is 0. The molecule has 0 saturated heterocycles. The lowest BCUT2D eigenvalue weighted by atomic mass is 10.0. The molecule has 0 spiro atoms. The summed E-state index contributed by atoms with van der Waals surface area (Å²) in [5.41, 5.74) is 0. The van der Waals surface area contributed by atoms with Crippen LogP contribution in [0, 0.1) is 0 Å². The Morgan fingerprint density at radius 3 is 1.77 bits per heavy atom. The lowest BCUT2D eigenvalue weighted by Crippen LogP contribution is -2.48. The summed E-state index contributed by atoms with van der Waals surface area (Å²) < 4.78 is 27.9. The Kier molecular flexibility index (Phi) is 19.4. The monoisotopic (exact) mass is 496 g/mol. The van der Waals surface area contributed by atoms with Crippen molar-refractivity contribution in [3.63, 3.8) is 0 Å². The van der Waals surface area contributed by atoms with E-state index in [4.69, 9.17) is 23.7 Å². The van der Waals surface area contributed by atoms with Gasteiger partial charge in [-0.2, -0.15) is 0 Å². The van der Waals surface area contributed by atoms with Crippen LogP contribution < -0.4 is 4.74 Å². The first-order valence-corrected chi connectivity index (χ1v) is 13.5. The molecule has 35 heavy (non-hydrogen) atoms. The first-order valence-electron chi connectivity index (χ1n) is 13.5. The summed E-state index contributed by atoms with van der Waals surface area (Å²) in [7, 11) is 0. The van der Waals surface area contributed by atoms with Gasteiger partial charge in [0.15, 0.2) is 0 Å². The fourth-order valence-electron chi connectivity index (χ4n) is 3.74. The Bertz CT molecular complexity index is 585. The Labute approximate surface area is 212 Å². The Morgan fingerprint density at radius 2 is 1.23 bits per heavy atom. The number of carboxylic acids is 1. The fraction of sp³-hybridized carbons (Fsp3) is 0.750. The van der Waals surface area contributed by atoms with Gasteiger partial charge < -0.3 is 28.8 Å². The molecular formula is C28H48O7. The van der Waals surface area contributed by atoms with Crippen LogP contribution in [0.25, 0.3) is 0 Å². The molecule has 0 aliphatic carbocycles. The molecule has 1 rings (SSSR count). The van der Waals surface area contributed by atoms with E-state index in [1.807, 2.05) is 25.1 Å². The van der Waals surface area contributed by atoms with Gasteiger partial charge in [-0.1, -0.05) is 82.9 Å². The summed E-state index contributed by atoms with van der Waals surface area (Å²) in [4.78, 5) is 12.3. The van der Waals surface area contributed by atoms with Crippen LogP contribution in [-0.2, 0) is 23.7 Å². The third-order valence-corrected chi connectivity index (χ3v) is 5.72. The number of unbranched alkanes of at least 4 members (excludes halogenated alkanes) is 9. The van der Waals surface area contributed by atoms with Crippen LogP contribution >= 0.6 is 0 Å². The number of carboxylic acid groups (broad SMARTS) is 1. The maximum absolute atomic E-state index is 12.3. The predicted octanol–water partition coefficient (Wildman–Crippen LogP) is 6.24. The zero-order chi connectivity index (χ0) is 25.5. The van der Waals surface area contributed by atoms with E-state index in [1.54, 1.807) is 12.1 Å². The summed E-state index contributed by atoms with van der Waals surface area (Å²) in [5.74, 6) is -2.36. The second-order valence-electron chi connectivity index (χ2n) is 8.68. The Morgan fingerprint density at radius 1 is 0.714 bits per heavy atom. The van der Waals surface area contributed by atoms with Gasteiger partial charge in [-0.05, 0) is 25.5 Å². The summed E-state index contributed by atoms with van der Waals surface area (Å²) in [6, 6.07) is 8.99. The second-order valence-corrected chi connectivity index (χ2v) is 8.68. The van der Waals surface area contributed by atoms with Gasteiger partial charge in [-0.15, -0.1) is 0 Å². The van der Waals surface area contributed by atoms with Crippen LogP contribution in [0.3, 0.4) is 0 Å². The normalized spacial score (nSPS) is 13.0. The molecule has 1 atom stereocenters. The molecule has 1 aromatic carbocycles. The van der Waals surface area contributed by atoms with E-state index in [0.29, 0.717) is 38.8 Å². The SMILES string of the molecule is CCCCCCCCCCCCC(OCCOCCOCCOCC)(Oc1ccccc1)C(=O)O. The molecule has 0 amide bonds. The highest BCUT2D eigenvalue weighted by molar-refractivity contribution is 5.76. The summed E-state index contributed by atoms with van der Waals surface area (Å²) in [6.07, 6.45) is 12.0. The van der Waals surface area contributed by atoms with Crippen LogP contribution in [0.5, 0.6) is 5.75 Å². The molecule has 0 aliphatic rings. The molecule has 0 radical (unpaired) electrons. The minimum absolute atomic E-state index is 0.121. The van der Waals surface area contributed by atoms with Crippen molar-refractivity contribution in [2.75, 3.05) is 46.2 Å². The molecule has 1 aromatic rings. The number of ether oxygens (including phenoxy) is 5. The molecule has 1 unspecified atom stereocenters. The largest absolute Gasteiger partial charge is 0.476 e. The number of hydrogen-bond donors (Lipinski definition) is 1. The third-order valence-electron chi connectivity index (χ3n) is 5.72. The van der Waals surface area contributed by atoms with Gasteiger partial charge in [-0.25, -0.2) is 4.79 Å². The predicted molar refractivity (Wildman–Crippen MR) is 138 cm³/mol. The first kappa shape index (κ1) is 31.4. The van der Waals surface area contributed by atoms with Gasteiger partial charge in [0.2, 0.25) is 0 Å². The van der Waals surface area contributed by atoms with Gasteiger partial charge in [0.25, 0.3) is 0 Å². The van der Waals surface area contributed by atoms with Gasteiger partial charge in [0.1, 0.15) is 5.75 Å².